The van der Waals surface area contributed by atoms with Gasteiger partial charge in [0.25, 0.3) is 0 Å². The molecule has 16 heavy (non-hydrogen) atoms. The van der Waals surface area contributed by atoms with Crippen molar-refractivity contribution >= 4 is 5.84 Å². The second-order valence-corrected chi connectivity index (χ2v) is 5.08. The summed E-state index contributed by atoms with van der Waals surface area (Å²) in [4.78, 5) is 2.08. The fourth-order valence-electron chi connectivity index (χ4n) is 1.60. The van der Waals surface area contributed by atoms with Crippen LogP contribution in [0.3, 0.4) is 0 Å². The topological polar surface area (TPSA) is 82.1 Å². The van der Waals surface area contributed by atoms with Gasteiger partial charge in [-0.15, -0.1) is 0 Å². The fraction of sp³-hybridized carbons (Fsp3) is 0.909. The van der Waals surface area contributed by atoms with Crippen LogP contribution in [0.1, 0.15) is 33.6 Å². The third-order valence-electron chi connectivity index (χ3n) is 2.72. The molecule has 0 aliphatic carbocycles. The predicted octanol–water partition coefficient (Wildman–Crippen LogP) is 0.852. The Morgan fingerprint density at radius 1 is 1.50 bits per heavy atom. The molecule has 0 rings (SSSR count). The van der Waals surface area contributed by atoms with Gasteiger partial charge in [-0.2, -0.15) is 0 Å². The molecular formula is C11H25N3O2. The van der Waals surface area contributed by atoms with E-state index in [-0.39, 0.29) is 17.4 Å². The summed E-state index contributed by atoms with van der Waals surface area (Å²) < 4.78 is 0. The summed E-state index contributed by atoms with van der Waals surface area (Å²) >= 11 is 0. The van der Waals surface area contributed by atoms with Crippen LogP contribution < -0.4 is 5.73 Å². The van der Waals surface area contributed by atoms with Crippen molar-refractivity contribution in [2.24, 2.45) is 16.3 Å². The van der Waals surface area contributed by atoms with Gasteiger partial charge in [-0.1, -0.05) is 19.0 Å². The lowest BCUT2D eigenvalue weighted by molar-refractivity contribution is 0.139. The number of aliphatic hydroxyl groups is 1. The van der Waals surface area contributed by atoms with E-state index >= 15 is 0 Å². The summed E-state index contributed by atoms with van der Waals surface area (Å²) in [5.74, 6) is 0.269. The van der Waals surface area contributed by atoms with E-state index < -0.39 is 0 Å². The molecule has 0 aliphatic heterocycles. The second-order valence-electron chi connectivity index (χ2n) is 5.08. The molecule has 0 aromatic heterocycles. The Kier molecular flexibility index (Phi) is 6.36. The quantitative estimate of drug-likeness (QED) is 0.262. The molecule has 0 aromatic carbocycles. The summed E-state index contributed by atoms with van der Waals surface area (Å²) in [7, 11) is 1.98. The lowest BCUT2D eigenvalue weighted by Crippen LogP contribution is -2.33. The third kappa shape index (κ3) is 5.92. The number of aliphatic hydroxyl groups excluding tert-OH is 1. The first-order chi connectivity index (χ1) is 7.29. The van der Waals surface area contributed by atoms with Gasteiger partial charge >= 0.3 is 0 Å². The lowest BCUT2D eigenvalue weighted by Gasteiger charge is -2.24. The number of hydrogen-bond donors (Lipinski definition) is 3. The molecule has 4 N–H and O–H groups in total. The minimum absolute atomic E-state index is 0.269. The van der Waals surface area contributed by atoms with E-state index in [9.17, 15) is 5.11 Å². The highest BCUT2D eigenvalue weighted by Crippen LogP contribution is 2.22. The zero-order chi connectivity index (χ0) is 12.8. The number of likely N-dealkylation sites (N-methyl/N-ethyl adjacent to an activating group) is 1. The minimum atomic E-state index is -0.304. The van der Waals surface area contributed by atoms with Gasteiger partial charge in [-0.25, -0.2) is 0 Å². The highest BCUT2D eigenvalue weighted by Gasteiger charge is 2.23. The summed E-state index contributed by atoms with van der Waals surface area (Å²) in [5, 5.41) is 20.9. The van der Waals surface area contributed by atoms with Crippen LogP contribution in [0.25, 0.3) is 0 Å². The van der Waals surface area contributed by atoms with Crippen molar-refractivity contribution in [1.82, 2.24) is 4.90 Å². The van der Waals surface area contributed by atoms with E-state index in [1.165, 1.54) is 0 Å². The van der Waals surface area contributed by atoms with Crippen LogP contribution in [0.4, 0.5) is 0 Å². The van der Waals surface area contributed by atoms with Crippen LogP contribution in [0.2, 0.25) is 0 Å². The van der Waals surface area contributed by atoms with Crippen LogP contribution in [0.15, 0.2) is 5.16 Å². The van der Waals surface area contributed by atoms with Crippen LogP contribution in [-0.4, -0.2) is 47.3 Å². The number of amidine groups is 1. The molecule has 0 aliphatic rings. The number of hydrogen-bond acceptors (Lipinski definition) is 4. The Bertz CT molecular complexity index is 227. The first-order valence-corrected chi connectivity index (χ1v) is 5.64. The molecular weight excluding hydrogens is 206 g/mol. The van der Waals surface area contributed by atoms with Crippen molar-refractivity contribution in [1.29, 1.82) is 0 Å². The number of nitrogens with two attached hydrogens (primary N) is 1. The van der Waals surface area contributed by atoms with E-state index in [1.807, 2.05) is 20.9 Å². The molecule has 0 saturated carbocycles. The molecule has 0 heterocycles. The molecule has 5 nitrogen and oxygen atoms in total. The maximum atomic E-state index is 9.19. The first-order valence-electron chi connectivity index (χ1n) is 5.64. The molecule has 5 heteroatoms. The predicted molar refractivity (Wildman–Crippen MR) is 65.6 cm³/mol. The molecule has 0 radical (unpaired) electrons. The van der Waals surface area contributed by atoms with Crippen LogP contribution in [-0.2, 0) is 0 Å². The van der Waals surface area contributed by atoms with Crippen molar-refractivity contribution in [3.63, 3.8) is 0 Å². The van der Waals surface area contributed by atoms with E-state index in [2.05, 4.69) is 10.1 Å². The molecule has 0 amide bonds. The Labute approximate surface area is 97.9 Å². The largest absolute Gasteiger partial charge is 0.409 e. The summed E-state index contributed by atoms with van der Waals surface area (Å²) in [6.07, 6.45) is 1.50. The summed E-state index contributed by atoms with van der Waals surface area (Å²) in [6, 6.07) is 0. The Morgan fingerprint density at radius 3 is 2.50 bits per heavy atom. The van der Waals surface area contributed by atoms with Crippen molar-refractivity contribution in [2.75, 3.05) is 20.1 Å². The van der Waals surface area contributed by atoms with Crippen molar-refractivity contribution in [2.45, 2.75) is 39.7 Å². The number of nitrogens with zero attached hydrogens (tertiary/aromatic N) is 2. The van der Waals surface area contributed by atoms with Gasteiger partial charge in [-0.05, 0) is 33.4 Å². The maximum Gasteiger partial charge on any atom is 0.144 e. The molecule has 0 bridgehead atoms. The molecule has 0 saturated heterocycles. The highest BCUT2D eigenvalue weighted by atomic mass is 16.4. The Morgan fingerprint density at radius 2 is 2.06 bits per heavy atom. The van der Waals surface area contributed by atoms with Gasteiger partial charge in [-0.3, -0.25) is 0 Å². The zero-order valence-electron chi connectivity index (χ0n) is 10.8. The first kappa shape index (κ1) is 15.2. The summed E-state index contributed by atoms with van der Waals surface area (Å²) in [6.45, 7) is 7.25. The monoisotopic (exact) mass is 231 g/mol. The standard InChI is InChI=1S/C11H25N3O2/c1-9(15)8-14(4)7-5-6-11(2,3)10(12)13-16/h9,15-16H,5-8H2,1-4H3,(H2,12,13). The average Bonchev–Trinajstić information content (AvgIpc) is 2.14. The van der Waals surface area contributed by atoms with Gasteiger partial charge in [0, 0.05) is 12.0 Å². The van der Waals surface area contributed by atoms with Gasteiger partial charge in [0.1, 0.15) is 5.84 Å². The highest BCUT2D eigenvalue weighted by molar-refractivity contribution is 5.85. The van der Waals surface area contributed by atoms with Gasteiger partial charge in [0.05, 0.1) is 6.10 Å². The normalized spacial score (nSPS) is 15.5. The minimum Gasteiger partial charge on any atom is -0.409 e. The van der Waals surface area contributed by atoms with Crippen LogP contribution in [0.5, 0.6) is 0 Å². The van der Waals surface area contributed by atoms with Crippen molar-refractivity contribution < 1.29 is 10.3 Å². The number of rotatable bonds is 7. The fourth-order valence-corrected chi connectivity index (χ4v) is 1.60. The summed E-state index contributed by atoms with van der Waals surface area (Å²) in [5.41, 5.74) is 5.32. The van der Waals surface area contributed by atoms with E-state index in [0.717, 1.165) is 19.4 Å². The molecule has 1 unspecified atom stereocenters. The second kappa shape index (κ2) is 6.70. The molecule has 0 fully saturated rings. The molecule has 1 atom stereocenters. The lowest BCUT2D eigenvalue weighted by atomic mass is 9.86. The van der Waals surface area contributed by atoms with E-state index in [0.29, 0.717) is 6.54 Å². The average molecular weight is 231 g/mol. The Balaban J connectivity index is 3.89. The molecule has 0 aromatic rings. The maximum absolute atomic E-state index is 9.19. The van der Waals surface area contributed by atoms with Crippen LogP contribution >= 0.6 is 0 Å². The van der Waals surface area contributed by atoms with E-state index in [4.69, 9.17) is 10.9 Å². The van der Waals surface area contributed by atoms with Crippen molar-refractivity contribution in [3.05, 3.63) is 0 Å². The SMILES string of the molecule is CC(O)CN(C)CCCC(C)(C)C(N)=NO. The van der Waals surface area contributed by atoms with Gasteiger partial charge in [0.15, 0.2) is 0 Å². The smallest absolute Gasteiger partial charge is 0.144 e. The Hall–Kier alpha value is -0.810. The van der Waals surface area contributed by atoms with Crippen molar-refractivity contribution in [3.8, 4) is 0 Å². The van der Waals surface area contributed by atoms with Crippen LogP contribution in [0, 0.1) is 5.41 Å². The molecule has 0 spiro atoms. The van der Waals surface area contributed by atoms with Gasteiger partial charge < -0.3 is 20.9 Å². The molecule has 96 valence electrons. The zero-order valence-corrected chi connectivity index (χ0v) is 10.8. The van der Waals surface area contributed by atoms with Gasteiger partial charge in [0.2, 0.25) is 0 Å². The number of oxime groups is 1. The third-order valence-corrected chi connectivity index (χ3v) is 2.72. The van der Waals surface area contributed by atoms with E-state index in [1.54, 1.807) is 6.92 Å².